The fraction of sp³-hybridized carbons (Fsp3) is 0.375. The second-order valence-corrected chi connectivity index (χ2v) is 10.9. The monoisotopic (exact) mass is 580 g/mol. The van der Waals surface area contributed by atoms with Gasteiger partial charge < -0.3 is 28.8 Å². The second-order valence-electron chi connectivity index (χ2n) is 9.54. The van der Waals surface area contributed by atoms with E-state index in [2.05, 4.69) is 0 Å². The van der Waals surface area contributed by atoms with Crippen LogP contribution in [0.1, 0.15) is 30.0 Å². The average molecular weight is 581 g/mol. The van der Waals surface area contributed by atoms with Gasteiger partial charge in [-0.1, -0.05) is 97.9 Å². The Morgan fingerprint density at radius 1 is 0.732 bits per heavy atom. The Morgan fingerprint density at radius 3 is 1.66 bits per heavy atom. The number of esters is 1. The van der Waals surface area contributed by atoms with Gasteiger partial charge in [-0.3, -0.25) is 9.59 Å². The number of carbonyl (C=O) groups is 2. The van der Waals surface area contributed by atoms with E-state index in [1.165, 1.54) is 0 Å². The minimum atomic E-state index is -1.26. The third kappa shape index (κ3) is 9.69. The van der Waals surface area contributed by atoms with Crippen molar-refractivity contribution >= 4 is 23.7 Å². The SMILES string of the molecule is CCS[C@H]1O[C@H](COC(=O)CC(=O)O)[C@@H](OCc2ccccc2)[C@H](OCc2ccccc2)[C@@H]1OCc1ccccc1. The molecule has 1 N–H and O–H groups in total. The van der Waals surface area contributed by atoms with E-state index in [1.54, 1.807) is 11.8 Å². The van der Waals surface area contributed by atoms with Crippen molar-refractivity contribution in [2.45, 2.75) is 63.0 Å². The highest BCUT2D eigenvalue weighted by molar-refractivity contribution is 7.99. The molecule has 0 saturated carbocycles. The fourth-order valence-electron chi connectivity index (χ4n) is 4.53. The Hall–Kier alpha value is -3.21. The molecule has 1 aliphatic rings. The van der Waals surface area contributed by atoms with Gasteiger partial charge in [-0.15, -0.1) is 11.8 Å². The molecule has 8 nitrogen and oxygen atoms in total. The van der Waals surface area contributed by atoms with Gasteiger partial charge in [0.25, 0.3) is 0 Å². The maximum atomic E-state index is 12.1. The Morgan fingerprint density at radius 2 is 1.20 bits per heavy atom. The van der Waals surface area contributed by atoms with Crippen LogP contribution in [0.25, 0.3) is 0 Å². The second kappa shape index (κ2) is 16.3. The van der Waals surface area contributed by atoms with E-state index in [4.69, 9.17) is 28.8 Å². The third-order valence-corrected chi connectivity index (χ3v) is 7.52. The summed E-state index contributed by atoms with van der Waals surface area (Å²) in [6.45, 7) is 2.79. The quantitative estimate of drug-likeness (QED) is 0.191. The first-order valence-electron chi connectivity index (χ1n) is 13.6. The predicted molar refractivity (Wildman–Crippen MR) is 155 cm³/mol. The zero-order valence-electron chi connectivity index (χ0n) is 23.0. The molecule has 0 amide bonds. The van der Waals surface area contributed by atoms with Crippen LogP contribution >= 0.6 is 11.8 Å². The molecule has 1 saturated heterocycles. The first-order chi connectivity index (χ1) is 20.0. The molecule has 3 aromatic carbocycles. The number of hydrogen-bond donors (Lipinski definition) is 1. The summed E-state index contributed by atoms with van der Waals surface area (Å²) in [5.41, 5.74) is 2.53. The molecule has 1 heterocycles. The van der Waals surface area contributed by atoms with Crippen molar-refractivity contribution in [1.82, 2.24) is 0 Å². The molecule has 0 bridgehead atoms. The molecule has 9 heteroatoms. The highest BCUT2D eigenvalue weighted by atomic mass is 32.2. The summed E-state index contributed by atoms with van der Waals surface area (Å²) < 4.78 is 31.4. The molecule has 0 spiro atoms. The lowest BCUT2D eigenvalue weighted by atomic mass is 9.98. The lowest BCUT2D eigenvalue weighted by molar-refractivity contribution is -0.253. The van der Waals surface area contributed by atoms with E-state index in [9.17, 15) is 9.59 Å². The van der Waals surface area contributed by atoms with Crippen LogP contribution < -0.4 is 0 Å². The minimum Gasteiger partial charge on any atom is -0.481 e. The van der Waals surface area contributed by atoms with Crippen molar-refractivity contribution in [1.29, 1.82) is 0 Å². The zero-order chi connectivity index (χ0) is 28.9. The standard InChI is InChI=1S/C32H36O8S/c1-2-41-32-31(39-21-25-16-10-5-11-17-25)30(38-20-24-14-8-4-9-15-24)29(37-19-23-12-6-3-7-13-23)26(40-32)22-36-28(35)18-27(33)34/h3-17,26,29-32H,2,18-22H2,1H3,(H,33,34)/t26-,29-,30+,31+,32-/m1/s1. The van der Waals surface area contributed by atoms with Crippen molar-refractivity contribution in [2.24, 2.45) is 0 Å². The summed E-state index contributed by atoms with van der Waals surface area (Å²) in [6, 6.07) is 29.4. The van der Waals surface area contributed by atoms with E-state index in [-0.39, 0.29) is 13.2 Å². The number of carboxylic acids is 1. The Balaban J connectivity index is 1.62. The molecule has 41 heavy (non-hydrogen) atoms. The van der Waals surface area contributed by atoms with E-state index in [0.29, 0.717) is 13.2 Å². The molecule has 0 unspecified atom stereocenters. The van der Waals surface area contributed by atoms with Crippen LogP contribution in [-0.4, -0.2) is 59.3 Å². The highest BCUT2D eigenvalue weighted by Crippen LogP contribution is 2.35. The van der Waals surface area contributed by atoms with Crippen LogP contribution in [0.5, 0.6) is 0 Å². The van der Waals surface area contributed by atoms with Gasteiger partial charge in [0.2, 0.25) is 0 Å². The van der Waals surface area contributed by atoms with Crippen LogP contribution in [0.4, 0.5) is 0 Å². The number of rotatable bonds is 15. The van der Waals surface area contributed by atoms with Crippen molar-refractivity contribution in [3.63, 3.8) is 0 Å². The summed E-state index contributed by atoms with van der Waals surface area (Å²) in [5, 5.41) is 9.01. The topological polar surface area (TPSA) is 101 Å². The average Bonchev–Trinajstić information content (AvgIpc) is 2.99. The third-order valence-electron chi connectivity index (χ3n) is 6.48. The van der Waals surface area contributed by atoms with Crippen LogP contribution in [0.2, 0.25) is 0 Å². The van der Waals surface area contributed by atoms with Crippen LogP contribution in [-0.2, 0) is 53.1 Å². The number of carboxylic acid groups (broad SMARTS) is 1. The molecule has 1 aliphatic heterocycles. The minimum absolute atomic E-state index is 0.178. The Kier molecular flexibility index (Phi) is 12.2. The van der Waals surface area contributed by atoms with Crippen LogP contribution in [0.15, 0.2) is 91.0 Å². The maximum Gasteiger partial charge on any atom is 0.317 e. The van der Waals surface area contributed by atoms with Crippen LogP contribution in [0, 0.1) is 0 Å². The van der Waals surface area contributed by atoms with E-state index in [0.717, 1.165) is 22.4 Å². The summed E-state index contributed by atoms with van der Waals surface area (Å²) in [6.07, 6.45) is -3.20. The molecular formula is C32H36O8S. The molecule has 4 rings (SSSR count). The van der Waals surface area contributed by atoms with Gasteiger partial charge in [0.15, 0.2) is 0 Å². The van der Waals surface area contributed by atoms with Gasteiger partial charge in [0, 0.05) is 0 Å². The lowest BCUT2D eigenvalue weighted by Gasteiger charge is -2.45. The van der Waals surface area contributed by atoms with Crippen molar-refractivity contribution in [3.05, 3.63) is 108 Å². The Bertz CT molecular complexity index is 1190. The smallest absolute Gasteiger partial charge is 0.317 e. The van der Waals surface area contributed by atoms with Crippen LogP contribution in [0.3, 0.4) is 0 Å². The number of aliphatic carboxylic acids is 1. The number of carbonyl (C=O) groups excluding carboxylic acids is 1. The van der Waals surface area contributed by atoms with Crippen molar-refractivity contribution < 1.29 is 38.4 Å². The maximum absolute atomic E-state index is 12.1. The Labute approximate surface area is 244 Å². The summed E-state index contributed by atoms with van der Waals surface area (Å²) in [7, 11) is 0. The van der Waals surface area contributed by atoms with Crippen molar-refractivity contribution in [3.8, 4) is 0 Å². The molecule has 1 fully saturated rings. The molecule has 5 atom stereocenters. The predicted octanol–water partition coefficient (Wildman–Crippen LogP) is 5.24. The van der Waals surface area contributed by atoms with Gasteiger partial charge in [-0.25, -0.2) is 0 Å². The van der Waals surface area contributed by atoms with Gasteiger partial charge in [0.1, 0.15) is 42.9 Å². The molecular weight excluding hydrogens is 544 g/mol. The fourth-order valence-corrected chi connectivity index (χ4v) is 5.50. The lowest BCUT2D eigenvalue weighted by Crippen LogP contribution is -2.60. The summed E-state index contributed by atoms with van der Waals surface area (Å²) >= 11 is 1.57. The number of benzene rings is 3. The largest absolute Gasteiger partial charge is 0.481 e. The summed E-state index contributed by atoms with van der Waals surface area (Å²) in [5.74, 6) is -1.34. The van der Waals surface area contributed by atoms with Gasteiger partial charge in [0.05, 0.1) is 19.8 Å². The van der Waals surface area contributed by atoms with Crippen molar-refractivity contribution in [2.75, 3.05) is 12.4 Å². The van der Waals surface area contributed by atoms with E-state index >= 15 is 0 Å². The number of ether oxygens (including phenoxy) is 5. The zero-order valence-corrected chi connectivity index (χ0v) is 23.8. The molecule has 0 radical (unpaired) electrons. The van der Waals surface area contributed by atoms with E-state index < -0.39 is 48.2 Å². The van der Waals surface area contributed by atoms with Gasteiger partial charge in [-0.05, 0) is 22.4 Å². The number of thioether (sulfide) groups is 1. The normalized spacial score (nSPS) is 22.2. The first kappa shape index (κ1) is 30.7. The molecule has 3 aromatic rings. The highest BCUT2D eigenvalue weighted by Gasteiger charge is 2.48. The number of hydrogen-bond acceptors (Lipinski definition) is 8. The molecule has 0 aromatic heterocycles. The molecule has 0 aliphatic carbocycles. The first-order valence-corrected chi connectivity index (χ1v) is 14.7. The van der Waals surface area contributed by atoms with Gasteiger partial charge >= 0.3 is 11.9 Å². The van der Waals surface area contributed by atoms with Gasteiger partial charge in [-0.2, -0.15) is 0 Å². The molecule has 218 valence electrons. The van der Waals surface area contributed by atoms with E-state index in [1.807, 2.05) is 97.9 Å². The summed E-state index contributed by atoms with van der Waals surface area (Å²) in [4.78, 5) is 23.2.